The van der Waals surface area contributed by atoms with Crippen LogP contribution in [0.3, 0.4) is 0 Å². The van der Waals surface area contributed by atoms with Crippen molar-refractivity contribution in [2.75, 3.05) is 0 Å². The summed E-state index contributed by atoms with van der Waals surface area (Å²) in [4.78, 5) is 0. The SMILES string of the molecule is Cc1cc(F)c(-c2ccc(CNC(C)C)c(Cl)c2)cc1F. The van der Waals surface area contributed by atoms with Crippen molar-refractivity contribution < 1.29 is 8.78 Å². The first kappa shape index (κ1) is 15.9. The summed E-state index contributed by atoms with van der Waals surface area (Å²) in [7, 11) is 0. The van der Waals surface area contributed by atoms with Crippen molar-refractivity contribution in [1.82, 2.24) is 5.32 Å². The first-order chi connectivity index (χ1) is 9.88. The standard InChI is InChI=1S/C17H18ClF2N/c1-10(2)21-9-13-5-4-12(7-15(13)18)14-8-16(19)11(3)6-17(14)20/h4-8,10,21H,9H2,1-3H3. The maximum atomic E-state index is 14.0. The second kappa shape index (κ2) is 6.54. The molecule has 21 heavy (non-hydrogen) atoms. The van der Waals surface area contributed by atoms with Gasteiger partial charge in [0.2, 0.25) is 0 Å². The normalized spacial score (nSPS) is 11.2. The molecule has 0 aromatic heterocycles. The van der Waals surface area contributed by atoms with E-state index < -0.39 is 11.6 Å². The van der Waals surface area contributed by atoms with Crippen molar-refractivity contribution in [3.8, 4) is 11.1 Å². The Kier molecular flexibility index (Phi) is 4.96. The van der Waals surface area contributed by atoms with Crippen molar-refractivity contribution in [1.29, 1.82) is 0 Å². The molecule has 0 radical (unpaired) electrons. The highest BCUT2D eigenvalue weighted by Gasteiger charge is 2.11. The van der Waals surface area contributed by atoms with Crippen LogP contribution in [0.25, 0.3) is 11.1 Å². The van der Waals surface area contributed by atoms with Crippen LogP contribution in [0.2, 0.25) is 5.02 Å². The van der Waals surface area contributed by atoms with E-state index >= 15 is 0 Å². The van der Waals surface area contributed by atoms with E-state index in [4.69, 9.17) is 11.6 Å². The molecule has 1 nitrogen and oxygen atoms in total. The fourth-order valence-electron chi connectivity index (χ4n) is 2.04. The molecule has 0 unspecified atom stereocenters. The van der Waals surface area contributed by atoms with Crippen LogP contribution in [0.5, 0.6) is 0 Å². The zero-order valence-electron chi connectivity index (χ0n) is 12.3. The van der Waals surface area contributed by atoms with E-state index in [1.807, 2.05) is 19.9 Å². The molecule has 0 aliphatic rings. The van der Waals surface area contributed by atoms with Gasteiger partial charge in [-0.1, -0.05) is 37.6 Å². The van der Waals surface area contributed by atoms with Gasteiger partial charge in [-0.3, -0.25) is 0 Å². The Morgan fingerprint density at radius 1 is 1.10 bits per heavy atom. The molecule has 0 amide bonds. The van der Waals surface area contributed by atoms with Gasteiger partial charge in [0.1, 0.15) is 11.6 Å². The highest BCUT2D eigenvalue weighted by atomic mass is 35.5. The molecular weight excluding hydrogens is 292 g/mol. The maximum Gasteiger partial charge on any atom is 0.131 e. The number of aryl methyl sites for hydroxylation is 1. The predicted octanol–water partition coefficient (Wildman–Crippen LogP) is 5.09. The van der Waals surface area contributed by atoms with Crippen LogP contribution in [-0.4, -0.2) is 6.04 Å². The van der Waals surface area contributed by atoms with Crippen LogP contribution in [0.15, 0.2) is 30.3 Å². The van der Waals surface area contributed by atoms with Crippen LogP contribution in [0, 0.1) is 18.6 Å². The molecule has 0 aliphatic heterocycles. The van der Waals surface area contributed by atoms with Crippen LogP contribution in [-0.2, 0) is 6.54 Å². The lowest BCUT2D eigenvalue weighted by atomic mass is 10.0. The lowest BCUT2D eigenvalue weighted by Gasteiger charge is -2.12. The summed E-state index contributed by atoms with van der Waals surface area (Å²) in [6.45, 7) is 6.27. The van der Waals surface area contributed by atoms with Gasteiger partial charge in [0.05, 0.1) is 0 Å². The van der Waals surface area contributed by atoms with Crippen molar-refractivity contribution >= 4 is 11.6 Å². The summed E-state index contributed by atoms with van der Waals surface area (Å²) >= 11 is 6.23. The Balaban J connectivity index is 2.34. The average molecular weight is 310 g/mol. The number of hydrogen-bond donors (Lipinski definition) is 1. The largest absolute Gasteiger partial charge is 0.310 e. The number of halogens is 3. The Morgan fingerprint density at radius 2 is 1.81 bits per heavy atom. The molecule has 0 atom stereocenters. The van der Waals surface area contributed by atoms with Crippen molar-refractivity contribution in [3.05, 3.63) is 58.1 Å². The smallest absolute Gasteiger partial charge is 0.131 e. The molecule has 0 bridgehead atoms. The van der Waals surface area contributed by atoms with Gasteiger partial charge in [-0.05, 0) is 41.8 Å². The Labute approximate surface area is 128 Å². The zero-order valence-corrected chi connectivity index (χ0v) is 13.1. The maximum absolute atomic E-state index is 14.0. The second-order valence-corrected chi connectivity index (χ2v) is 5.83. The molecule has 0 saturated carbocycles. The highest BCUT2D eigenvalue weighted by molar-refractivity contribution is 6.31. The third-order valence-corrected chi connectivity index (χ3v) is 3.66. The highest BCUT2D eigenvalue weighted by Crippen LogP contribution is 2.29. The van der Waals surface area contributed by atoms with E-state index in [0.717, 1.165) is 5.56 Å². The monoisotopic (exact) mass is 309 g/mol. The first-order valence-electron chi connectivity index (χ1n) is 6.86. The average Bonchev–Trinajstić information content (AvgIpc) is 2.41. The first-order valence-corrected chi connectivity index (χ1v) is 7.24. The summed E-state index contributed by atoms with van der Waals surface area (Å²) in [5, 5.41) is 3.81. The molecule has 0 fully saturated rings. The minimum Gasteiger partial charge on any atom is -0.310 e. The van der Waals surface area contributed by atoms with Crippen LogP contribution in [0.4, 0.5) is 8.78 Å². The Bertz CT molecular complexity index is 653. The lowest BCUT2D eigenvalue weighted by molar-refractivity contribution is 0.589. The van der Waals surface area contributed by atoms with E-state index in [-0.39, 0.29) is 5.56 Å². The molecule has 2 rings (SSSR count). The summed E-state index contributed by atoms with van der Waals surface area (Å²) in [6, 6.07) is 8.03. The van der Waals surface area contributed by atoms with Crippen molar-refractivity contribution in [2.24, 2.45) is 0 Å². The fraction of sp³-hybridized carbons (Fsp3) is 0.294. The molecule has 0 aliphatic carbocycles. The van der Waals surface area contributed by atoms with E-state index in [9.17, 15) is 8.78 Å². The number of nitrogens with one attached hydrogen (secondary N) is 1. The van der Waals surface area contributed by atoms with Crippen molar-refractivity contribution in [3.63, 3.8) is 0 Å². The van der Waals surface area contributed by atoms with Gasteiger partial charge < -0.3 is 5.32 Å². The Morgan fingerprint density at radius 3 is 2.43 bits per heavy atom. The van der Waals surface area contributed by atoms with Gasteiger partial charge >= 0.3 is 0 Å². The van der Waals surface area contributed by atoms with Gasteiger partial charge in [-0.15, -0.1) is 0 Å². The van der Waals surface area contributed by atoms with E-state index in [0.29, 0.717) is 28.7 Å². The van der Waals surface area contributed by atoms with Gasteiger partial charge in [-0.2, -0.15) is 0 Å². The summed E-state index contributed by atoms with van der Waals surface area (Å²) in [6.07, 6.45) is 0. The third-order valence-electron chi connectivity index (χ3n) is 3.31. The van der Waals surface area contributed by atoms with Gasteiger partial charge in [-0.25, -0.2) is 8.78 Å². The molecule has 112 valence electrons. The second-order valence-electron chi connectivity index (χ2n) is 5.42. The van der Waals surface area contributed by atoms with E-state index in [1.165, 1.54) is 19.1 Å². The summed E-state index contributed by atoms with van der Waals surface area (Å²) in [5.74, 6) is -0.869. The molecule has 0 saturated heterocycles. The minimum absolute atomic E-state index is 0.225. The van der Waals surface area contributed by atoms with E-state index in [1.54, 1.807) is 12.1 Å². The van der Waals surface area contributed by atoms with E-state index in [2.05, 4.69) is 5.32 Å². The third kappa shape index (κ3) is 3.80. The van der Waals surface area contributed by atoms with Crippen LogP contribution in [0.1, 0.15) is 25.0 Å². The topological polar surface area (TPSA) is 12.0 Å². The minimum atomic E-state index is -0.446. The number of hydrogen-bond acceptors (Lipinski definition) is 1. The number of benzene rings is 2. The molecule has 1 N–H and O–H groups in total. The lowest BCUT2D eigenvalue weighted by Crippen LogP contribution is -2.21. The molecule has 0 heterocycles. The van der Waals surface area contributed by atoms with Crippen LogP contribution < -0.4 is 5.32 Å². The fourth-order valence-corrected chi connectivity index (χ4v) is 2.29. The van der Waals surface area contributed by atoms with Gasteiger partial charge in [0.25, 0.3) is 0 Å². The molecule has 2 aromatic rings. The quantitative estimate of drug-likeness (QED) is 0.829. The number of rotatable bonds is 4. The summed E-state index contributed by atoms with van der Waals surface area (Å²) in [5.41, 5.74) is 2.02. The molecular formula is C17H18ClF2N. The Hall–Kier alpha value is -1.45. The van der Waals surface area contributed by atoms with Crippen LogP contribution >= 0.6 is 11.6 Å². The van der Waals surface area contributed by atoms with Gasteiger partial charge in [0, 0.05) is 23.2 Å². The molecule has 4 heteroatoms. The molecule has 0 spiro atoms. The summed E-state index contributed by atoms with van der Waals surface area (Å²) < 4.78 is 27.6. The zero-order chi connectivity index (χ0) is 15.6. The predicted molar refractivity (Wildman–Crippen MR) is 83.5 cm³/mol. The van der Waals surface area contributed by atoms with Crippen molar-refractivity contribution in [2.45, 2.75) is 33.4 Å². The molecule has 2 aromatic carbocycles. The van der Waals surface area contributed by atoms with Gasteiger partial charge in [0.15, 0.2) is 0 Å².